The fourth-order valence-corrected chi connectivity index (χ4v) is 6.02. The number of aryl methyl sites for hydroxylation is 5. The average molecular weight is 479 g/mol. The lowest BCUT2D eigenvalue weighted by Gasteiger charge is -2.27. The van der Waals surface area contributed by atoms with Gasteiger partial charge in [0.1, 0.15) is 0 Å². The number of carbonyl (C=O) groups excluding carboxylic acids is 1. The summed E-state index contributed by atoms with van der Waals surface area (Å²) in [4.78, 5) is 15.1. The highest BCUT2D eigenvalue weighted by atomic mass is 32.2. The first-order chi connectivity index (χ1) is 16.0. The average Bonchev–Trinajstić information content (AvgIpc) is 2.77. The largest absolute Gasteiger partial charge is 0.314 e. The van der Waals surface area contributed by atoms with Gasteiger partial charge in [-0.2, -0.15) is 4.31 Å². The SMILES string of the molecule is Cc1cc(C)c(S(=O)(=O)N(CCc2ccccc2)CC(=O)N(C)c2ccc(C)c(C)c2)c(C)c1. The maximum absolute atomic E-state index is 13.9. The smallest absolute Gasteiger partial charge is 0.244 e. The zero-order chi connectivity index (χ0) is 25.0. The Balaban J connectivity index is 1.94. The standard InChI is InChI=1S/C28H34N2O3S/c1-20-16-23(4)28(24(5)17-20)34(32,33)30(15-14-25-10-8-7-9-11-25)19-27(31)29(6)26-13-12-21(2)22(3)18-26/h7-13,16-18H,14-15,19H2,1-6H3. The summed E-state index contributed by atoms with van der Waals surface area (Å²) in [6.07, 6.45) is 0.519. The Kier molecular flexibility index (Phi) is 7.95. The van der Waals surface area contributed by atoms with Gasteiger partial charge in [-0.1, -0.05) is 54.1 Å². The number of benzene rings is 3. The summed E-state index contributed by atoms with van der Waals surface area (Å²) in [5, 5.41) is 0. The molecule has 0 aliphatic heterocycles. The molecule has 3 aromatic carbocycles. The lowest BCUT2D eigenvalue weighted by atomic mass is 10.1. The van der Waals surface area contributed by atoms with E-state index in [1.165, 1.54) is 9.21 Å². The lowest BCUT2D eigenvalue weighted by molar-refractivity contribution is -0.118. The summed E-state index contributed by atoms with van der Waals surface area (Å²) in [6, 6.07) is 19.3. The molecule has 0 saturated carbocycles. The zero-order valence-corrected chi connectivity index (χ0v) is 21.7. The van der Waals surface area contributed by atoms with Crippen molar-refractivity contribution < 1.29 is 13.2 Å². The molecule has 0 spiro atoms. The minimum atomic E-state index is -3.89. The summed E-state index contributed by atoms with van der Waals surface area (Å²) < 4.78 is 29.0. The normalized spacial score (nSPS) is 11.6. The molecular weight excluding hydrogens is 444 g/mol. The van der Waals surface area contributed by atoms with Crippen molar-refractivity contribution in [1.82, 2.24) is 4.31 Å². The van der Waals surface area contributed by atoms with Gasteiger partial charge in [0, 0.05) is 19.3 Å². The fraction of sp³-hybridized carbons (Fsp3) is 0.321. The van der Waals surface area contributed by atoms with E-state index >= 15 is 0 Å². The van der Waals surface area contributed by atoms with Crippen LogP contribution in [0, 0.1) is 34.6 Å². The number of hydrogen-bond donors (Lipinski definition) is 0. The van der Waals surface area contributed by atoms with Gasteiger partial charge in [-0.25, -0.2) is 8.42 Å². The third-order valence-corrected chi connectivity index (χ3v) is 8.41. The van der Waals surface area contributed by atoms with Crippen molar-refractivity contribution in [2.75, 3.05) is 25.0 Å². The van der Waals surface area contributed by atoms with Crippen LogP contribution in [0.15, 0.2) is 65.6 Å². The Morgan fingerprint density at radius 1 is 0.794 bits per heavy atom. The molecule has 0 aromatic heterocycles. The van der Waals surface area contributed by atoms with Crippen LogP contribution >= 0.6 is 0 Å². The number of likely N-dealkylation sites (N-methyl/N-ethyl adjacent to an activating group) is 1. The molecule has 0 bridgehead atoms. The van der Waals surface area contributed by atoms with Gasteiger partial charge in [0.2, 0.25) is 15.9 Å². The number of nitrogens with zero attached hydrogens (tertiary/aromatic N) is 2. The molecule has 0 heterocycles. The first-order valence-corrected chi connectivity index (χ1v) is 12.9. The number of sulfonamides is 1. The third kappa shape index (κ3) is 5.75. The molecule has 180 valence electrons. The van der Waals surface area contributed by atoms with Gasteiger partial charge in [-0.3, -0.25) is 4.79 Å². The quantitative estimate of drug-likeness (QED) is 0.451. The van der Waals surface area contributed by atoms with Crippen molar-refractivity contribution >= 4 is 21.6 Å². The topological polar surface area (TPSA) is 57.7 Å². The monoisotopic (exact) mass is 478 g/mol. The predicted molar refractivity (Wildman–Crippen MR) is 139 cm³/mol. The zero-order valence-electron chi connectivity index (χ0n) is 20.9. The summed E-state index contributed by atoms with van der Waals surface area (Å²) in [6.45, 7) is 9.57. The van der Waals surface area contributed by atoms with E-state index in [2.05, 4.69) is 0 Å². The van der Waals surface area contributed by atoms with Crippen molar-refractivity contribution in [3.05, 3.63) is 94.0 Å². The lowest BCUT2D eigenvalue weighted by Crippen LogP contribution is -2.43. The molecule has 0 aliphatic rings. The minimum absolute atomic E-state index is 0.214. The third-order valence-electron chi connectivity index (χ3n) is 6.26. The fourth-order valence-electron chi connectivity index (χ4n) is 4.22. The molecule has 3 rings (SSSR count). The summed E-state index contributed by atoms with van der Waals surface area (Å²) >= 11 is 0. The molecule has 34 heavy (non-hydrogen) atoms. The molecule has 0 unspecified atom stereocenters. The van der Waals surface area contributed by atoms with Crippen molar-refractivity contribution in [2.45, 2.75) is 45.9 Å². The van der Waals surface area contributed by atoms with Crippen LogP contribution in [0.4, 0.5) is 5.69 Å². The van der Waals surface area contributed by atoms with Crippen molar-refractivity contribution in [2.24, 2.45) is 0 Å². The molecule has 0 N–H and O–H groups in total. The predicted octanol–water partition coefficient (Wildman–Crippen LogP) is 5.13. The van der Waals surface area contributed by atoms with Gasteiger partial charge >= 0.3 is 0 Å². The van der Waals surface area contributed by atoms with Gasteiger partial charge in [0.15, 0.2) is 0 Å². The van der Waals surface area contributed by atoms with Gasteiger partial charge < -0.3 is 4.90 Å². The Hall–Kier alpha value is -2.96. The van der Waals surface area contributed by atoms with Crippen molar-refractivity contribution in [1.29, 1.82) is 0 Å². The second-order valence-corrected chi connectivity index (χ2v) is 10.9. The van der Waals surface area contributed by atoms with Gasteiger partial charge in [0.05, 0.1) is 11.4 Å². The van der Waals surface area contributed by atoms with Gasteiger partial charge in [-0.15, -0.1) is 0 Å². The Morgan fingerprint density at radius 2 is 1.41 bits per heavy atom. The number of hydrogen-bond acceptors (Lipinski definition) is 3. The molecule has 3 aromatic rings. The number of anilines is 1. The number of carbonyl (C=O) groups is 1. The second kappa shape index (κ2) is 10.5. The molecular formula is C28H34N2O3S. The summed E-state index contributed by atoms with van der Waals surface area (Å²) in [7, 11) is -2.20. The Bertz CT molecular complexity index is 1260. The first kappa shape index (κ1) is 25.7. The van der Waals surface area contributed by atoms with E-state index in [4.69, 9.17) is 0 Å². The van der Waals surface area contributed by atoms with Crippen molar-refractivity contribution in [3.63, 3.8) is 0 Å². The summed E-state index contributed by atoms with van der Waals surface area (Å²) in [5.74, 6) is -0.276. The molecule has 6 heteroatoms. The molecule has 0 fully saturated rings. The molecule has 0 aliphatic carbocycles. The molecule has 0 radical (unpaired) electrons. The molecule has 1 amide bonds. The van der Waals surface area contributed by atoms with E-state index in [0.29, 0.717) is 17.5 Å². The first-order valence-electron chi connectivity index (χ1n) is 11.5. The molecule has 5 nitrogen and oxygen atoms in total. The Morgan fingerprint density at radius 3 is 2.00 bits per heavy atom. The van der Waals surface area contributed by atoms with Crippen LogP contribution in [0.5, 0.6) is 0 Å². The van der Waals surface area contributed by atoms with Crippen LogP contribution in [0.1, 0.15) is 33.4 Å². The van der Waals surface area contributed by atoms with E-state index in [0.717, 1.165) is 27.9 Å². The highest BCUT2D eigenvalue weighted by Gasteiger charge is 2.30. The number of amides is 1. The maximum Gasteiger partial charge on any atom is 0.244 e. The van der Waals surface area contributed by atoms with Crippen LogP contribution in [0.25, 0.3) is 0 Å². The van der Waals surface area contributed by atoms with E-state index in [9.17, 15) is 13.2 Å². The Labute approximate surface area is 204 Å². The highest BCUT2D eigenvalue weighted by molar-refractivity contribution is 7.89. The maximum atomic E-state index is 13.9. The van der Waals surface area contributed by atoms with Crippen molar-refractivity contribution in [3.8, 4) is 0 Å². The minimum Gasteiger partial charge on any atom is -0.314 e. The number of rotatable bonds is 8. The second-order valence-electron chi connectivity index (χ2n) is 9.02. The van der Waals surface area contributed by atoms with Gasteiger partial charge in [-0.05, 0) is 81.0 Å². The van der Waals surface area contributed by atoms with Crippen LogP contribution in [0.2, 0.25) is 0 Å². The molecule has 0 saturated heterocycles. The van der Waals surface area contributed by atoms with Crippen LogP contribution in [-0.4, -0.2) is 38.8 Å². The van der Waals surface area contributed by atoms with E-state index in [1.54, 1.807) is 7.05 Å². The highest BCUT2D eigenvalue weighted by Crippen LogP contribution is 2.26. The van der Waals surface area contributed by atoms with Gasteiger partial charge in [0.25, 0.3) is 0 Å². The molecule has 0 atom stereocenters. The van der Waals surface area contributed by atoms with E-state index < -0.39 is 10.0 Å². The van der Waals surface area contributed by atoms with Crippen LogP contribution in [-0.2, 0) is 21.2 Å². The summed E-state index contributed by atoms with van der Waals surface area (Å²) in [5.41, 5.74) is 6.38. The van der Waals surface area contributed by atoms with Crippen LogP contribution in [0.3, 0.4) is 0 Å². The van der Waals surface area contributed by atoms with E-state index in [-0.39, 0.29) is 23.9 Å². The van der Waals surface area contributed by atoms with Crippen LogP contribution < -0.4 is 4.90 Å². The van der Waals surface area contributed by atoms with E-state index in [1.807, 2.05) is 95.3 Å².